The minimum atomic E-state index is 0.0359. The molecule has 0 radical (unpaired) electrons. The van der Waals surface area contributed by atoms with E-state index in [1.165, 1.54) is 32.1 Å². The van der Waals surface area contributed by atoms with Gasteiger partial charge in [0, 0.05) is 0 Å². The predicted octanol–water partition coefficient (Wildman–Crippen LogP) is 2.06. The molecule has 0 aromatic carbocycles. The monoisotopic (exact) mass is 173 g/mol. The Bertz CT molecular complexity index is 77.9. The Kier molecular flexibility index (Phi) is 8.95. The van der Waals surface area contributed by atoms with Crippen LogP contribution in [-0.4, -0.2) is 17.8 Å². The number of nitrogens with two attached hydrogens (primary N) is 1. The van der Waals surface area contributed by atoms with Crippen LogP contribution in [0.1, 0.15) is 51.9 Å². The summed E-state index contributed by atoms with van der Waals surface area (Å²) in [5, 5.41) is 8.91. The predicted molar refractivity (Wildman–Crippen MR) is 53.1 cm³/mol. The van der Waals surface area contributed by atoms with Crippen LogP contribution in [0.4, 0.5) is 0 Å². The van der Waals surface area contributed by atoms with Gasteiger partial charge < -0.3 is 10.8 Å². The van der Waals surface area contributed by atoms with Crippen molar-refractivity contribution < 1.29 is 5.11 Å². The van der Waals surface area contributed by atoms with Gasteiger partial charge in [-0.3, -0.25) is 0 Å². The Morgan fingerprint density at radius 3 is 2.00 bits per heavy atom. The van der Waals surface area contributed by atoms with E-state index in [4.69, 9.17) is 10.8 Å². The first-order valence-electron chi connectivity index (χ1n) is 5.19. The van der Waals surface area contributed by atoms with Crippen LogP contribution in [0.2, 0.25) is 0 Å². The number of aliphatic hydroxyl groups is 1. The van der Waals surface area contributed by atoms with Gasteiger partial charge in [0.05, 0.1) is 6.10 Å². The SMILES string of the molecule is CCCCN.OC1CCCCC1. The summed E-state index contributed by atoms with van der Waals surface area (Å²) in [6.45, 7) is 2.98. The minimum Gasteiger partial charge on any atom is -0.393 e. The van der Waals surface area contributed by atoms with Gasteiger partial charge in [0.1, 0.15) is 0 Å². The van der Waals surface area contributed by atoms with Crippen molar-refractivity contribution in [1.82, 2.24) is 0 Å². The van der Waals surface area contributed by atoms with E-state index < -0.39 is 0 Å². The van der Waals surface area contributed by atoms with Gasteiger partial charge in [-0.2, -0.15) is 0 Å². The zero-order chi connectivity index (χ0) is 9.23. The smallest absolute Gasteiger partial charge is 0.0540 e. The number of hydrogen-bond acceptors (Lipinski definition) is 2. The molecule has 0 amide bonds. The molecular formula is C10H23NO. The van der Waals surface area contributed by atoms with Gasteiger partial charge in [-0.15, -0.1) is 0 Å². The molecule has 1 aliphatic carbocycles. The van der Waals surface area contributed by atoms with Gasteiger partial charge in [0.2, 0.25) is 0 Å². The molecule has 1 aliphatic rings. The molecule has 0 atom stereocenters. The highest BCUT2D eigenvalue weighted by molar-refractivity contribution is 4.61. The van der Waals surface area contributed by atoms with E-state index in [0.717, 1.165) is 19.4 Å². The molecule has 0 saturated heterocycles. The third-order valence-corrected chi connectivity index (χ3v) is 2.13. The van der Waals surface area contributed by atoms with E-state index in [0.29, 0.717) is 0 Å². The van der Waals surface area contributed by atoms with Gasteiger partial charge in [-0.1, -0.05) is 32.6 Å². The largest absolute Gasteiger partial charge is 0.393 e. The van der Waals surface area contributed by atoms with E-state index >= 15 is 0 Å². The van der Waals surface area contributed by atoms with Crippen LogP contribution in [0.3, 0.4) is 0 Å². The molecule has 2 heteroatoms. The lowest BCUT2D eigenvalue weighted by molar-refractivity contribution is 0.130. The molecule has 0 bridgehead atoms. The Morgan fingerprint density at radius 2 is 1.83 bits per heavy atom. The average Bonchev–Trinajstić information content (AvgIpc) is 2.08. The Labute approximate surface area is 76.2 Å². The van der Waals surface area contributed by atoms with Crippen molar-refractivity contribution in [1.29, 1.82) is 0 Å². The highest BCUT2D eigenvalue weighted by Gasteiger charge is 2.07. The third kappa shape index (κ3) is 8.02. The van der Waals surface area contributed by atoms with Crippen LogP contribution in [0.25, 0.3) is 0 Å². The van der Waals surface area contributed by atoms with Gasteiger partial charge >= 0.3 is 0 Å². The highest BCUT2D eigenvalue weighted by Crippen LogP contribution is 2.16. The van der Waals surface area contributed by atoms with Crippen molar-refractivity contribution in [2.75, 3.05) is 6.54 Å². The van der Waals surface area contributed by atoms with Crippen LogP contribution in [0.15, 0.2) is 0 Å². The van der Waals surface area contributed by atoms with Crippen molar-refractivity contribution in [2.24, 2.45) is 5.73 Å². The molecule has 1 saturated carbocycles. The molecule has 74 valence electrons. The van der Waals surface area contributed by atoms with Gasteiger partial charge in [0.25, 0.3) is 0 Å². The summed E-state index contributed by atoms with van der Waals surface area (Å²) in [7, 11) is 0. The third-order valence-electron chi connectivity index (χ3n) is 2.13. The number of rotatable bonds is 2. The van der Waals surface area contributed by atoms with Crippen molar-refractivity contribution in [3.63, 3.8) is 0 Å². The maximum Gasteiger partial charge on any atom is 0.0540 e. The van der Waals surface area contributed by atoms with Crippen LogP contribution in [0.5, 0.6) is 0 Å². The second-order valence-electron chi connectivity index (χ2n) is 3.43. The zero-order valence-corrected chi connectivity index (χ0v) is 8.26. The minimum absolute atomic E-state index is 0.0359. The van der Waals surface area contributed by atoms with Crippen molar-refractivity contribution in [2.45, 2.75) is 58.0 Å². The molecule has 2 nitrogen and oxygen atoms in total. The van der Waals surface area contributed by atoms with Crippen molar-refractivity contribution in [3.8, 4) is 0 Å². The lowest BCUT2D eigenvalue weighted by Gasteiger charge is -2.14. The summed E-state index contributed by atoms with van der Waals surface area (Å²) in [6.07, 6.45) is 8.31. The van der Waals surface area contributed by atoms with E-state index in [9.17, 15) is 0 Å². The van der Waals surface area contributed by atoms with Crippen molar-refractivity contribution >= 4 is 0 Å². The van der Waals surface area contributed by atoms with Gasteiger partial charge in [-0.25, -0.2) is 0 Å². The summed E-state index contributed by atoms with van der Waals surface area (Å²) in [6, 6.07) is 0. The molecule has 12 heavy (non-hydrogen) atoms. The van der Waals surface area contributed by atoms with E-state index in [1.54, 1.807) is 0 Å². The maximum atomic E-state index is 8.91. The summed E-state index contributed by atoms with van der Waals surface area (Å²) in [5.74, 6) is 0. The second kappa shape index (κ2) is 9.01. The first-order chi connectivity index (χ1) is 5.81. The Hall–Kier alpha value is -0.0800. The summed E-state index contributed by atoms with van der Waals surface area (Å²) in [5.41, 5.74) is 5.14. The lowest BCUT2D eigenvalue weighted by Crippen LogP contribution is -2.09. The first-order valence-corrected chi connectivity index (χ1v) is 5.19. The van der Waals surface area contributed by atoms with Gasteiger partial charge in [0.15, 0.2) is 0 Å². The van der Waals surface area contributed by atoms with Crippen LogP contribution in [0, 0.1) is 0 Å². The zero-order valence-electron chi connectivity index (χ0n) is 8.26. The van der Waals surface area contributed by atoms with Gasteiger partial charge in [-0.05, 0) is 25.8 Å². The fraction of sp³-hybridized carbons (Fsp3) is 1.00. The van der Waals surface area contributed by atoms with Crippen LogP contribution >= 0.6 is 0 Å². The molecule has 1 rings (SSSR count). The standard InChI is InChI=1S/C6H12O.C4H11N/c7-6-4-2-1-3-5-6;1-2-3-4-5/h6-7H,1-5H2;2-5H2,1H3. The molecule has 3 N–H and O–H groups in total. The van der Waals surface area contributed by atoms with E-state index in [1.807, 2.05) is 0 Å². The summed E-state index contributed by atoms with van der Waals surface area (Å²) in [4.78, 5) is 0. The topological polar surface area (TPSA) is 46.2 Å². The van der Waals surface area contributed by atoms with Crippen molar-refractivity contribution in [3.05, 3.63) is 0 Å². The highest BCUT2D eigenvalue weighted by atomic mass is 16.3. The Balaban J connectivity index is 0.000000217. The molecule has 1 fully saturated rings. The average molecular weight is 173 g/mol. The second-order valence-corrected chi connectivity index (χ2v) is 3.43. The van der Waals surface area contributed by atoms with E-state index in [-0.39, 0.29) is 6.10 Å². The molecule has 0 aliphatic heterocycles. The van der Waals surface area contributed by atoms with Crippen LogP contribution < -0.4 is 5.73 Å². The molecule has 0 unspecified atom stereocenters. The molecule has 0 aromatic rings. The lowest BCUT2D eigenvalue weighted by atomic mass is 9.98. The van der Waals surface area contributed by atoms with Crippen LogP contribution in [-0.2, 0) is 0 Å². The molecule has 0 heterocycles. The Morgan fingerprint density at radius 1 is 1.25 bits per heavy atom. The van der Waals surface area contributed by atoms with E-state index in [2.05, 4.69) is 6.92 Å². The number of aliphatic hydroxyl groups excluding tert-OH is 1. The number of unbranched alkanes of at least 4 members (excludes halogenated alkanes) is 1. The quantitative estimate of drug-likeness (QED) is 0.671. The fourth-order valence-electron chi connectivity index (χ4n) is 1.29. The fourth-order valence-corrected chi connectivity index (χ4v) is 1.29. The first kappa shape index (κ1) is 11.9. The molecule has 0 aromatic heterocycles. The maximum absolute atomic E-state index is 8.91. The number of hydrogen-bond donors (Lipinski definition) is 2. The normalized spacial score (nSPS) is 18.2. The summed E-state index contributed by atoms with van der Waals surface area (Å²) < 4.78 is 0. The summed E-state index contributed by atoms with van der Waals surface area (Å²) >= 11 is 0. The molecule has 0 spiro atoms. The molecular weight excluding hydrogens is 150 g/mol.